The van der Waals surface area contributed by atoms with Gasteiger partial charge in [-0.05, 0) is 44.2 Å². The lowest BCUT2D eigenvalue weighted by atomic mass is 10.0. The summed E-state index contributed by atoms with van der Waals surface area (Å²) in [5, 5.41) is 6.93. The van der Waals surface area contributed by atoms with Crippen molar-refractivity contribution in [1.29, 1.82) is 0 Å². The first-order chi connectivity index (χ1) is 13.7. The summed E-state index contributed by atoms with van der Waals surface area (Å²) in [4.78, 5) is 16.9. The number of carbonyl (C=O) groups is 1. The molecule has 0 radical (unpaired) electrons. The third kappa shape index (κ3) is 4.80. The molecular weight excluding hydrogens is 352 g/mol. The topological polar surface area (TPSA) is 61.5 Å². The molecule has 6 nitrogen and oxygen atoms in total. The summed E-state index contributed by atoms with van der Waals surface area (Å²) in [5.41, 5.74) is 2.81. The molecule has 1 N–H and O–H groups in total. The predicted octanol–water partition coefficient (Wildman–Crippen LogP) is 3.00. The van der Waals surface area contributed by atoms with Gasteiger partial charge in [-0.2, -0.15) is 5.10 Å². The molecule has 0 aliphatic carbocycles. The summed E-state index contributed by atoms with van der Waals surface area (Å²) in [7, 11) is 0. The Balaban J connectivity index is 1.18. The van der Waals surface area contributed by atoms with Gasteiger partial charge in [0, 0.05) is 38.4 Å². The van der Waals surface area contributed by atoms with Gasteiger partial charge in [0.05, 0.1) is 12.2 Å². The van der Waals surface area contributed by atoms with Gasteiger partial charge in [-0.1, -0.05) is 30.3 Å². The summed E-state index contributed by atoms with van der Waals surface area (Å²) in [5.74, 6) is 0.0250. The van der Waals surface area contributed by atoms with Gasteiger partial charge in [0.2, 0.25) is 0 Å². The molecule has 2 aliphatic rings. The average Bonchev–Trinajstić information content (AvgIpc) is 3.17. The van der Waals surface area contributed by atoms with Gasteiger partial charge in [0.1, 0.15) is 5.69 Å². The minimum Gasteiger partial charge on any atom is -0.375 e. The molecule has 1 aromatic heterocycles. The highest BCUT2D eigenvalue weighted by molar-refractivity contribution is 5.92. The Kier molecular flexibility index (Phi) is 6.07. The van der Waals surface area contributed by atoms with E-state index in [1.54, 1.807) is 0 Å². The van der Waals surface area contributed by atoms with Crippen LogP contribution in [-0.4, -0.2) is 64.3 Å². The summed E-state index contributed by atoms with van der Waals surface area (Å²) in [6.45, 7) is 6.63. The van der Waals surface area contributed by atoms with Crippen LogP contribution in [0.4, 0.5) is 0 Å². The van der Waals surface area contributed by atoms with Crippen molar-refractivity contribution >= 4 is 5.91 Å². The van der Waals surface area contributed by atoms with E-state index in [0.717, 1.165) is 64.1 Å². The SMILES string of the molecule is Cc1cc(C(=O)N2CCC(OC3CCN(Cc4ccccc4)CC3)CC2)n[nH]1. The van der Waals surface area contributed by atoms with Crippen LogP contribution in [0, 0.1) is 6.92 Å². The number of aromatic nitrogens is 2. The van der Waals surface area contributed by atoms with Crippen LogP contribution in [0.1, 0.15) is 47.4 Å². The molecule has 0 bridgehead atoms. The van der Waals surface area contributed by atoms with Crippen molar-refractivity contribution < 1.29 is 9.53 Å². The molecule has 1 amide bonds. The van der Waals surface area contributed by atoms with Crippen LogP contribution >= 0.6 is 0 Å². The summed E-state index contributed by atoms with van der Waals surface area (Å²) in [6.07, 6.45) is 4.65. The Bertz CT molecular complexity index is 760. The zero-order valence-electron chi connectivity index (χ0n) is 16.6. The van der Waals surface area contributed by atoms with Gasteiger partial charge in [-0.25, -0.2) is 0 Å². The number of ether oxygens (including phenoxy) is 1. The fourth-order valence-corrected chi connectivity index (χ4v) is 4.20. The standard InChI is InChI=1S/C22H30N4O2/c1-17-15-21(24-23-17)22(27)26-13-9-20(10-14-26)28-19-7-11-25(12-8-19)16-18-5-3-2-4-6-18/h2-6,15,19-20H,7-14,16H2,1H3,(H,23,24). The molecule has 0 unspecified atom stereocenters. The molecule has 0 saturated carbocycles. The van der Waals surface area contributed by atoms with E-state index in [9.17, 15) is 4.79 Å². The highest BCUT2D eigenvalue weighted by Gasteiger charge is 2.28. The maximum atomic E-state index is 12.5. The van der Waals surface area contributed by atoms with E-state index in [0.29, 0.717) is 11.8 Å². The van der Waals surface area contributed by atoms with Crippen LogP contribution in [0.15, 0.2) is 36.4 Å². The van der Waals surface area contributed by atoms with Crippen molar-refractivity contribution in [3.63, 3.8) is 0 Å². The number of nitrogens with zero attached hydrogens (tertiary/aromatic N) is 3. The number of carbonyl (C=O) groups excluding carboxylic acids is 1. The molecule has 2 fully saturated rings. The van der Waals surface area contributed by atoms with E-state index in [1.165, 1.54) is 5.56 Å². The molecule has 2 aliphatic heterocycles. The predicted molar refractivity (Wildman–Crippen MR) is 108 cm³/mol. The first kappa shape index (κ1) is 19.2. The molecule has 28 heavy (non-hydrogen) atoms. The Morgan fingerprint density at radius 3 is 2.32 bits per heavy atom. The van der Waals surface area contributed by atoms with Crippen LogP contribution in [0.3, 0.4) is 0 Å². The molecule has 2 saturated heterocycles. The smallest absolute Gasteiger partial charge is 0.274 e. The lowest BCUT2D eigenvalue weighted by molar-refractivity contribution is -0.0629. The Morgan fingerprint density at radius 1 is 1.07 bits per heavy atom. The Labute approximate surface area is 166 Å². The highest BCUT2D eigenvalue weighted by atomic mass is 16.5. The fraction of sp³-hybridized carbons (Fsp3) is 0.545. The third-order valence-corrected chi connectivity index (χ3v) is 5.82. The minimum atomic E-state index is 0.0250. The number of amides is 1. The van der Waals surface area contributed by atoms with Crippen molar-refractivity contribution in [2.24, 2.45) is 0 Å². The second-order valence-corrected chi connectivity index (χ2v) is 8.02. The number of nitrogens with one attached hydrogen (secondary N) is 1. The van der Waals surface area contributed by atoms with E-state index in [2.05, 4.69) is 45.4 Å². The van der Waals surface area contributed by atoms with Gasteiger partial charge in [0.25, 0.3) is 5.91 Å². The number of hydrogen-bond acceptors (Lipinski definition) is 4. The average molecular weight is 383 g/mol. The Hall–Kier alpha value is -2.18. The molecule has 4 rings (SSSR count). The number of benzene rings is 1. The normalized spacial score (nSPS) is 19.8. The molecule has 0 spiro atoms. The molecule has 150 valence electrons. The van der Waals surface area contributed by atoms with Crippen molar-refractivity contribution in [1.82, 2.24) is 20.0 Å². The van der Waals surface area contributed by atoms with Crippen molar-refractivity contribution in [2.45, 2.75) is 51.4 Å². The number of H-pyrrole nitrogens is 1. The van der Waals surface area contributed by atoms with Gasteiger partial charge < -0.3 is 9.64 Å². The first-order valence-corrected chi connectivity index (χ1v) is 10.4. The quantitative estimate of drug-likeness (QED) is 0.864. The monoisotopic (exact) mass is 382 g/mol. The highest BCUT2D eigenvalue weighted by Crippen LogP contribution is 2.22. The van der Waals surface area contributed by atoms with Crippen molar-refractivity contribution in [3.05, 3.63) is 53.3 Å². The molecule has 0 atom stereocenters. The second-order valence-electron chi connectivity index (χ2n) is 8.02. The molecular formula is C22H30N4O2. The van der Waals surface area contributed by atoms with E-state index < -0.39 is 0 Å². The zero-order chi connectivity index (χ0) is 19.3. The maximum absolute atomic E-state index is 12.5. The molecule has 2 aromatic rings. The largest absolute Gasteiger partial charge is 0.375 e. The molecule has 1 aromatic carbocycles. The van der Waals surface area contributed by atoms with Gasteiger partial charge in [0.15, 0.2) is 0 Å². The van der Waals surface area contributed by atoms with E-state index >= 15 is 0 Å². The molecule has 6 heteroatoms. The maximum Gasteiger partial charge on any atom is 0.274 e. The van der Waals surface area contributed by atoms with Gasteiger partial charge >= 0.3 is 0 Å². The van der Waals surface area contributed by atoms with E-state index in [1.807, 2.05) is 17.9 Å². The van der Waals surface area contributed by atoms with Crippen LogP contribution in [-0.2, 0) is 11.3 Å². The van der Waals surface area contributed by atoms with Crippen LogP contribution in [0.5, 0.6) is 0 Å². The summed E-state index contributed by atoms with van der Waals surface area (Å²) in [6, 6.07) is 12.5. The number of aromatic amines is 1. The number of piperidine rings is 2. The summed E-state index contributed by atoms with van der Waals surface area (Å²) < 4.78 is 6.38. The number of likely N-dealkylation sites (tertiary alicyclic amines) is 2. The minimum absolute atomic E-state index is 0.0250. The number of hydrogen-bond donors (Lipinski definition) is 1. The van der Waals surface area contributed by atoms with E-state index in [4.69, 9.17) is 4.74 Å². The Morgan fingerprint density at radius 2 is 1.71 bits per heavy atom. The zero-order valence-corrected chi connectivity index (χ0v) is 16.6. The number of aryl methyl sites for hydroxylation is 1. The third-order valence-electron chi connectivity index (χ3n) is 5.82. The number of rotatable bonds is 5. The lowest BCUT2D eigenvalue weighted by Crippen LogP contribution is -2.43. The van der Waals surface area contributed by atoms with Crippen molar-refractivity contribution in [3.8, 4) is 0 Å². The van der Waals surface area contributed by atoms with E-state index in [-0.39, 0.29) is 12.0 Å². The van der Waals surface area contributed by atoms with Gasteiger partial charge in [-0.3, -0.25) is 14.8 Å². The van der Waals surface area contributed by atoms with Crippen molar-refractivity contribution in [2.75, 3.05) is 26.2 Å². The molecule has 3 heterocycles. The summed E-state index contributed by atoms with van der Waals surface area (Å²) >= 11 is 0. The van der Waals surface area contributed by atoms with Crippen LogP contribution in [0.25, 0.3) is 0 Å². The van der Waals surface area contributed by atoms with Crippen LogP contribution in [0.2, 0.25) is 0 Å². The lowest BCUT2D eigenvalue weighted by Gasteiger charge is -2.37. The first-order valence-electron chi connectivity index (χ1n) is 10.4. The van der Waals surface area contributed by atoms with Gasteiger partial charge in [-0.15, -0.1) is 0 Å². The van der Waals surface area contributed by atoms with Crippen LogP contribution < -0.4 is 0 Å². The fourth-order valence-electron chi connectivity index (χ4n) is 4.20. The second kappa shape index (κ2) is 8.88.